The molecule has 18 heavy (non-hydrogen) atoms. The summed E-state index contributed by atoms with van der Waals surface area (Å²) < 4.78 is 1.29. The number of benzene rings is 2. The molecule has 2 aromatic carbocycles. The van der Waals surface area contributed by atoms with E-state index in [1.165, 1.54) is 14.7 Å². The van der Waals surface area contributed by atoms with Crippen LogP contribution in [0.1, 0.15) is 17.2 Å². The summed E-state index contributed by atoms with van der Waals surface area (Å²) in [6.45, 7) is 0. The molecule has 0 bridgehead atoms. The summed E-state index contributed by atoms with van der Waals surface area (Å²) in [5.74, 6) is 0. The van der Waals surface area contributed by atoms with Crippen molar-refractivity contribution in [2.75, 3.05) is 7.05 Å². The molecule has 0 spiro atoms. The summed E-state index contributed by atoms with van der Waals surface area (Å²) in [5, 5.41) is 4.17. The minimum atomic E-state index is 0.333. The largest absolute Gasteiger partial charge is 0.313 e. The van der Waals surface area contributed by atoms with Gasteiger partial charge in [-0.1, -0.05) is 41.9 Å². The molecule has 1 unspecified atom stereocenters. The van der Waals surface area contributed by atoms with Crippen LogP contribution in [0.3, 0.4) is 0 Å². The molecule has 94 valence electrons. The summed E-state index contributed by atoms with van der Waals surface area (Å²) in [7, 11) is 2.00. The van der Waals surface area contributed by atoms with E-state index < -0.39 is 0 Å². The van der Waals surface area contributed by atoms with E-state index in [1.54, 1.807) is 0 Å². The van der Waals surface area contributed by atoms with Gasteiger partial charge >= 0.3 is 0 Å². The lowest BCUT2D eigenvalue weighted by Crippen LogP contribution is -2.19. The number of halogens is 2. The Morgan fingerprint density at radius 2 is 1.78 bits per heavy atom. The fourth-order valence-corrected chi connectivity index (χ4v) is 2.87. The van der Waals surface area contributed by atoms with Crippen LogP contribution >= 0.6 is 34.2 Å². The van der Waals surface area contributed by atoms with E-state index in [0.29, 0.717) is 6.04 Å². The predicted molar refractivity (Wildman–Crippen MR) is 86.1 cm³/mol. The van der Waals surface area contributed by atoms with E-state index in [0.717, 1.165) is 11.4 Å². The highest BCUT2D eigenvalue weighted by Gasteiger charge is 2.12. The maximum atomic E-state index is 5.91. The lowest BCUT2D eigenvalue weighted by molar-refractivity contribution is 0.589. The third-order valence-electron chi connectivity index (χ3n) is 2.98. The van der Waals surface area contributed by atoms with Crippen molar-refractivity contribution in [1.82, 2.24) is 5.32 Å². The van der Waals surface area contributed by atoms with Gasteiger partial charge < -0.3 is 5.32 Å². The second-order valence-corrected chi connectivity index (χ2v) is 5.79. The number of hydrogen-bond acceptors (Lipinski definition) is 1. The smallest absolute Gasteiger partial charge is 0.0406 e. The number of likely N-dealkylation sites (N-methyl/N-ethyl adjacent to an activating group) is 1. The van der Waals surface area contributed by atoms with Crippen molar-refractivity contribution in [2.45, 2.75) is 12.5 Å². The van der Waals surface area contributed by atoms with E-state index in [2.05, 4.69) is 64.3 Å². The highest BCUT2D eigenvalue weighted by molar-refractivity contribution is 14.1. The van der Waals surface area contributed by atoms with E-state index in [4.69, 9.17) is 11.6 Å². The third kappa shape index (κ3) is 3.46. The van der Waals surface area contributed by atoms with Gasteiger partial charge in [0.05, 0.1) is 0 Å². The van der Waals surface area contributed by atoms with Crippen LogP contribution in [-0.4, -0.2) is 7.05 Å². The monoisotopic (exact) mass is 371 g/mol. The molecule has 0 aliphatic heterocycles. The van der Waals surface area contributed by atoms with Gasteiger partial charge in [-0.05, 0) is 65.4 Å². The molecular formula is C15H15ClIN. The molecule has 2 rings (SSSR count). The summed E-state index contributed by atoms with van der Waals surface area (Å²) in [6.07, 6.45) is 0.966. The minimum absolute atomic E-state index is 0.333. The van der Waals surface area contributed by atoms with Crippen LogP contribution in [-0.2, 0) is 6.42 Å². The Bertz CT molecular complexity index is 510. The minimum Gasteiger partial charge on any atom is -0.313 e. The lowest BCUT2D eigenvalue weighted by Gasteiger charge is -2.18. The Morgan fingerprint density at radius 1 is 1.11 bits per heavy atom. The summed E-state index contributed by atoms with van der Waals surface area (Å²) >= 11 is 8.29. The van der Waals surface area contributed by atoms with Crippen LogP contribution in [0.4, 0.5) is 0 Å². The third-order valence-corrected chi connectivity index (χ3v) is 4.22. The van der Waals surface area contributed by atoms with Crippen LogP contribution in [0, 0.1) is 3.57 Å². The standard InChI is InChI=1S/C15H15ClIN/c1-18-15(13-4-2-3-5-14(13)17)10-11-6-8-12(16)9-7-11/h2-9,15,18H,10H2,1H3. The lowest BCUT2D eigenvalue weighted by atomic mass is 9.99. The number of hydrogen-bond donors (Lipinski definition) is 1. The fourth-order valence-electron chi connectivity index (χ4n) is 1.98. The zero-order chi connectivity index (χ0) is 13.0. The quantitative estimate of drug-likeness (QED) is 0.783. The van der Waals surface area contributed by atoms with E-state index in [9.17, 15) is 0 Å². The highest BCUT2D eigenvalue weighted by Crippen LogP contribution is 2.23. The Balaban J connectivity index is 2.20. The molecule has 0 saturated carbocycles. The van der Waals surface area contributed by atoms with E-state index >= 15 is 0 Å². The Labute approximate surface area is 127 Å². The molecule has 0 heterocycles. The topological polar surface area (TPSA) is 12.0 Å². The average Bonchev–Trinajstić information content (AvgIpc) is 2.39. The van der Waals surface area contributed by atoms with Crippen molar-refractivity contribution in [3.63, 3.8) is 0 Å². The number of rotatable bonds is 4. The van der Waals surface area contributed by atoms with Gasteiger partial charge in [-0.3, -0.25) is 0 Å². The van der Waals surface area contributed by atoms with Crippen LogP contribution in [0.5, 0.6) is 0 Å². The van der Waals surface area contributed by atoms with Gasteiger partial charge in [-0.15, -0.1) is 0 Å². The van der Waals surface area contributed by atoms with Gasteiger partial charge in [0.15, 0.2) is 0 Å². The molecule has 0 aliphatic rings. The van der Waals surface area contributed by atoms with Crippen LogP contribution in [0.15, 0.2) is 48.5 Å². The first kappa shape index (κ1) is 13.8. The molecule has 2 aromatic rings. The Kier molecular flexibility index (Phi) is 5.03. The van der Waals surface area contributed by atoms with Gasteiger partial charge in [0.25, 0.3) is 0 Å². The molecule has 0 aliphatic carbocycles. The zero-order valence-electron chi connectivity index (χ0n) is 10.2. The summed E-state index contributed by atoms with van der Waals surface area (Å²) in [6, 6.07) is 16.9. The van der Waals surface area contributed by atoms with Crippen LogP contribution in [0.25, 0.3) is 0 Å². The predicted octanol–water partition coefficient (Wildman–Crippen LogP) is 4.45. The molecule has 0 amide bonds. The molecule has 0 fully saturated rings. The van der Waals surface area contributed by atoms with Gasteiger partial charge in [0.1, 0.15) is 0 Å². The second kappa shape index (κ2) is 6.55. The maximum Gasteiger partial charge on any atom is 0.0406 e. The second-order valence-electron chi connectivity index (χ2n) is 4.19. The van der Waals surface area contributed by atoms with Crippen molar-refractivity contribution < 1.29 is 0 Å². The van der Waals surface area contributed by atoms with Gasteiger partial charge in [-0.25, -0.2) is 0 Å². The van der Waals surface area contributed by atoms with Gasteiger partial charge in [0.2, 0.25) is 0 Å². The fraction of sp³-hybridized carbons (Fsp3) is 0.200. The SMILES string of the molecule is CNC(Cc1ccc(Cl)cc1)c1ccccc1I. The van der Waals surface area contributed by atoms with Crippen molar-refractivity contribution >= 4 is 34.2 Å². The molecule has 0 saturated heterocycles. The van der Waals surface area contributed by atoms with E-state index in [1.807, 2.05) is 19.2 Å². The van der Waals surface area contributed by atoms with Crippen molar-refractivity contribution in [1.29, 1.82) is 0 Å². The first-order valence-corrected chi connectivity index (χ1v) is 7.32. The zero-order valence-corrected chi connectivity index (χ0v) is 13.1. The average molecular weight is 372 g/mol. The molecular weight excluding hydrogens is 357 g/mol. The molecule has 0 radical (unpaired) electrons. The first-order valence-electron chi connectivity index (χ1n) is 5.87. The Hall–Kier alpha value is -0.580. The molecule has 1 N–H and O–H groups in total. The van der Waals surface area contributed by atoms with Crippen LogP contribution in [0.2, 0.25) is 5.02 Å². The van der Waals surface area contributed by atoms with Crippen molar-refractivity contribution in [3.8, 4) is 0 Å². The number of nitrogens with one attached hydrogen (secondary N) is 1. The first-order chi connectivity index (χ1) is 8.70. The summed E-state index contributed by atoms with van der Waals surface area (Å²) in [4.78, 5) is 0. The Morgan fingerprint density at radius 3 is 2.39 bits per heavy atom. The molecule has 0 aromatic heterocycles. The van der Waals surface area contributed by atoms with E-state index in [-0.39, 0.29) is 0 Å². The summed E-state index contributed by atoms with van der Waals surface area (Å²) in [5.41, 5.74) is 2.63. The molecule has 1 atom stereocenters. The van der Waals surface area contributed by atoms with Crippen molar-refractivity contribution in [3.05, 3.63) is 68.3 Å². The van der Waals surface area contributed by atoms with Crippen LogP contribution < -0.4 is 5.32 Å². The molecule has 3 heteroatoms. The van der Waals surface area contributed by atoms with Gasteiger partial charge in [0, 0.05) is 14.6 Å². The van der Waals surface area contributed by atoms with Crippen molar-refractivity contribution in [2.24, 2.45) is 0 Å². The highest BCUT2D eigenvalue weighted by atomic mass is 127. The van der Waals surface area contributed by atoms with Gasteiger partial charge in [-0.2, -0.15) is 0 Å². The normalized spacial score (nSPS) is 12.4. The molecule has 1 nitrogen and oxygen atoms in total. The maximum absolute atomic E-state index is 5.91.